The summed E-state index contributed by atoms with van der Waals surface area (Å²) in [6.45, 7) is 0. The number of pyridine rings is 1. The third kappa shape index (κ3) is 4.40. The zero-order valence-electron chi connectivity index (χ0n) is 10.2. The molecule has 4 nitrogen and oxygen atoms in total. The van der Waals surface area contributed by atoms with E-state index < -0.39 is 12.1 Å². The molecule has 0 saturated carbocycles. The van der Waals surface area contributed by atoms with E-state index in [1.807, 2.05) is 0 Å². The van der Waals surface area contributed by atoms with Crippen molar-refractivity contribution < 1.29 is 17.9 Å². The zero-order valence-corrected chi connectivity index (χ0v) is 12.6. The van der Waals surface area contributed by atoms with Crippen LogP contribution in [0.3, 0.4) is 0 Å². The van der Waals surface area contributed by atoms with Crippen molar-refractivity contribution in [1.82, 2.24) is 4.98 Å². The molecule has 0 aliphatic carbocycles. The van der Waals surface area contributed by atoms with Crippen molar-refractivity contribution >= 4 is 44.7 Å². The molecule has 0 bridgehead atoms. The maximum Gasteiger partial charge on any atom is 0.573 e. The minimum Gasteiger partial charge on any atom is -0.404 e. The standard InChI is InChI=1S/C12H8BrClF3N3O/c13-6-1-2-9(10(3-6)21-12(15,16)17)20-11-8(18)4-7(14)5-19-11/h1-5H,18H2,(H,19,20). The van der Waals surface area contributed by atoms with E-state index in [0.29, 0.717) is 9.50 Å². The Morgan fingerprint density at radius 3 is 2.62 bits per heavy atom. The summed E-state index contributed by atoms with van der Waals surface area (Å²) in [5.41, 5.74) is 5.96. The summed E-state index contributed by atoms with van der Waals surface area (Å²) in [5.74, 6) is -0.234. The lowest BCUT2D eigenvalue weighted by Crippen LogP contribution is -2.18. The monoisotopic (exact) mass is 381 g/mol. The van der Waals surface area contributed by atoms with Gasteiger partial charge in [-0.3, -0.25) is 0 Å². The molecule has 0 amide bonds. The Balaban J connectivity index is 2.35. The van der Waals surface area contributed by atoms with Crippen LogP contribution in [0.15, 0.2) is 34.9 Å². The smallest absolute Gasteiger partial charge is 0.404 e. The van der Waals surface area contributed by atoms with Crippen LogP contribution in [-0.4, -0.2) is 11.3 Å². The summed E-state index contributed by atoms with van der Waals surface area (Å²) >= 11 is 8.79. The topological polar surface area (TPSA) is 60.2 Å². The van der Waals surface area contributed by atoms with Gasteiger partial charge in [0.05, 0.1) is 16.4 Å². The lowest BCUT2D eigenvalue weighted by atomic mass is 10.3. The number of aromatic nitrogens is 1. The summed E-state index contributed by atoms with van der Waals surface area (Å²) in [6, 6.07) is 5.57. The number of halogens is 5. The van der Waals surface area contributed by atoms with Gasteiger partial charge in [0.15, 0.2) is 11.6 Å². The second-order valence-electron chi connectivity index (χ2n) is 3.90. The molecule has 0 fully saturated rings. The molecule has 9 heteroatoms. The van der Waals surface area contributed by atoms with E-state index in [1.54, 1.807) is 6.07 Å². The molecule has 2 aromatic rings. The summed E-state index contributed by atoms with van der Waals surface area (Å²) in [7, 11) is 0. The number of nitrogens with zero attached hydrogens (tertiary/aromatic N) is 1. The van der Waals surface area contributed by atoms with E-state index >= 15 is 0 Å². The number of alkyl halides is 3. The molecule has 1 heterocycles. The normalized spacial score (nSPS) is 11.3. The minimum atomic E-state index is -4.81. The van der Waals surface area contributed by atoms with Crippen LogP contribution in [-0.2, 0) is 0 Å². The Kier molecular flexibility index (Phi) is 4.48. The number of rotatable bonds is 3. The average Bonchev–Trinajstić information content (AvgIpc) is 2.33. The Morgan fingerprint density at radius 2 is 2.00 bits per heavy atom. The maximum absolute atomic E-state index is 12.4. The fourth-order valence-electron chi connectivity index (χ4n) is 1.50. The zero-order chi connectivity index (χ0) is 15.6. The molecule has 0 aliphatic rings. The second-order valence-corrected chi connectivity index (χ2v) is 5.26. The highest BCUT2D eigenvalue weighted by Gasteiger charge is 2.32. The summed E-state index contributed by atoms with van der Waals surface area (Å²) in [4.78, 5) is 3.92. The number of hydrogen-bond donors (Lipinski definition) is 2. The van der Waals surface area contributed by atoms with Crippen molar-refractivity contribution in [2.75, 3.05) is 11.1 Å². The Hall–Kier alpha value is -1.67. The Bertz CT molecular complexity index is 667. The first-order valence-electron chi connectivity index (χ1n) is 5.48. The number of anilines is 3. The highest BCUT2D eigenvalue weighted by molar-refractivity contribution is 9.10. The minimum absolute atomic E-state index is 0.0667. The van der Waals surface area contributed by atoms with Gasteiger partial charge in [0.2, 0.25) is 0 Å². The summed E-state index contributed by atoms with van der Waals surface area (Å²) < 4.78 is 41.6. The van der Waals surface area contributed by atoms with Gasteiger partial charge < -0.3 is 15.8 Å². The predicted octanol–water partition coefficient (Wildman–Crippen LogP) is 4.72. The highest BCUT2D eigenvalue weighted by Crippen LogP contribution is 2.35. The molecule has 0 atom stereocenters. The van der Waals surface area contributed by atoms with Gasteiger partial charge >= 0.3 is 6.36 Å². The number of nitrogens with one attached hydrogen (secondary N) is 1. The van der Waals surface area contributed by atoms with Gasteiger partial charge in [0.25, 0.3) is 0 Å². The first kappa shape index (κ1) is 15.7. The van der Waals surface area contributed by atoms with Crippen LogP contribution >= 0.6 is 27.5 Å². The first-order chi connectivity index (χ1) is 9.74. The van der Waals surface area contributed by atoms with Gasteiger partial charge in [-0.15, -0.1) is 13.2 Å². The van der Waals surface area contributed by atoms with E-state index in [2.05, 4.69) is 31.0 Å². The van der Waals surface area contributed by atoms with E-state index in [-0.39, 0.29) is 17.2 Å². The molecule has 0 unspecified atom stereocenters. The quantitative estimate of drug-likeness (QED) is 0.806. The molecule has 0 spiro atoms. The fourth-order valence-corrected chi connectivity index (χ4v) is 2.00. The summed E-state index contributed by atoms with van der Waals surface area (Å²) in [5, 5.41) is 3.00. The van der Waals surface area contributed by atoms with Crippen molar-refractivity contribution in [3.63, 3.8) is 0 Å². The fraction of sp³-hybridized carbons (Fsp3) is 0.0833. The second kappa shape index (κ2) is 5.98. The third-order valence-corrected chi connectivity index (χ3v) is 3.01. The lowest BCUT2D eigenvalue weighted by Gasteiger charge is -2.15. The molecule has 1 aromatic carbocycles. The highest BCUT2D eigenvalue weighted by atomic mass is 79.9. The Morgan fingerprint density at radius 1 is 1.29 bits per heavy atom. The molecule has 0 saturated heterocycles. The number of ether oxygens (including phenoxy) is 1. The molecule has 3 N–H and O–H groups in total. The molecule has 21 heavy (non-hydrogen) atoms. The van der Waals surface area contributed by atoms with Gasteiger partial charge in [0, 0.05) is 10.7 Å². The largest absolute Gasteiger partial charge is 0.573 e. The van der Waals surface area contributed by atoms with Crippen molar-refractivity contribution in [1.29, 1.82) is 0 Å². The predicted molar refractivity (Wildman–Crippen MR) is 77.8 cm³/mol. The van der Waals surface area contributed by atoms with Gasteiger partial charge in [0.1, 0.15) is 0 Å². The van der Waals surface area contributed by atoms with E-state index in [0.717, 1.165) is 0 Å². The van der Waals surface area contributed by atoms with Crippen LogP contribution < -0.4 is 15.8 Å². The number of benzene rings is 1. The molecule has 1 aromatic heterocycles. The first-order valence-corrected chi connectivity index (χ1v) is 6.65. The Labute approximate surface area is 131 Å². The van der Waals surface area contributed by atoms with Gasteiger partial charge in [-0.1, -0.05) is 27.5 Å². The van der Waals surface area contributed by atoms with Crippen LogP contribution in [0, 0.1) is 0 Å². The maximum atomic E-state index is 12.4. The molecule has 2 rings (SSSR count). The lowest BCUT2D eigenvalue weighted by molar-refractivity contribution is -0.274. The van der Waals surface area contributed by atoms with E-state index in [4.69, 9.17) is 17.3 Å². The number of nitrogen functional groups attached to an aromatic ring is 1. The van der Waals surface area contributed by atoms with Crippen LogP contribution in [0.4, 0.5) is 30.4 Å². The summed E-state index contributed by atoms with van der Waals surface area (Å²) in [6.07, 6.45) is -3.49. The van der Waals surface area contributed by atoms with Gasteiger partial charge in [-0.2, -0.15) is 0 Å². The van der Waals surface area contributed by atoms with Crippen molar-refractivity contribution in [2.24, 2.45) is 0 Å². The van der Waals surface area contributed by atoms with Crippen molar-refractivity contribution in [3.05, 3.63) is 40.0 Å². The van der Waals surface area contributed by atoms with Crippen LogP contribution in [0.25, 0.3) is 0 Å². The average molecular weight is 383 g/mol. The third-order valence-electron chi connectivity index (χ3n) is 2.31. The molecule has 0 aliphatic heterocycles. The van der Waals surface area contributed by atoms with E-state index in [1.165, 1.54) is 24.4 Å². The number of nitrogens with two attached hydrogens (primary N) is 1. The molecular formula is C12H8BrClF3N3O. The van der Waals surface area contributed by atoms with E-state index in [9.17, 15) is 13.2 Å². The molecule has 0 radical (unpaired) electrons. The SMILES string of the molecule is Nc1cc(Cl)cnc1Nc1ccc(Br)cc1OC(F)(F)F. The van der Waals surface area contributed by atoms with Crippen LogP contribution in [0.2, 0.25) is 5.02 Å². The van der Waals surface area contributed by atoms with Crippen molar-refractivity contribution in [2.45, 2.75) is 6.36 Å². The number of hydrogen-bond acceptors (Lipinski definition) is 4. The van der Waals surface area contributed by atoms with Crippen molar-refractivity contribution in [3.8, 4) is 5.75 Å². The van der Waals surface area contributed by atoms with Crippen LogP contribution in [0.5, 0.6) is 5.75 Å². The molecular weight excluding hydrogens is 375 g/mol. The van der Waals surface area contributed by atoms with Gasteiger partial charge in [-0.05, 0) is 24.3 Å². The van der Waals surface area contributed by atoms with Crippen LogP contribution in [0.1, 0.15) is 0 Å². The van der Waals surface area contributed by atoms with Gasteiger partial charge in [-0.25, -0.2) is 4.98 Å². The molecule has 112 valence electrons.